The zero-order valence-electron chi connectivity index (χ0n) is 17.8. The van der Waals surface area contributed by atoms with E-state index in [4.69, 9.17) is 14.9 Å². The summed E-state index contributed by atoms with van der Waals surface area (Å²) in [7, 11) is 1.63. The minimum Gasteiger partial charge on any atom is -1.00 e. The molecule has 0 aliphatic heterocycles. The van der Waals surface area contributed by atoms with Gasteiger partial charge in [0, 0.05) is 4.80 Å². The van der Waals surface area contributed by atoms with Crippen molar-refractivity contribution in [3.63, 3.8) is 0 Å². The molecule has 0 aliphatic carbocycles. The monoisotopic (exact) mass is 458 g/mol. The average Bonchev–Trinajstić information content (AvgIpc) is 3.31. The molecule has 0 fully saturated rings. The molecule has 0 atom stereocenters. The minimum absolute atomic E-state index is 0. The van der Waals surface area contributed by atoms with E-state index < -0.39 is 0 Å². The predicted molar refractivity (Wildman–Crippen MR) is 120 cm³/mol. The van der Waals surface area contributed by atoms with Gasteiger partial charge in [-0.2, -0.15) is 0 Å². The van der Waals surface area contributed by atoms with E-state index >= 15 is 0 Å². The van der Waals surface area contributed by atoms with E-state index in [1.165, 1.54) is 12.1 Å². The molecule has 0 saturated carbocycles. The topological polar surface area (TPSA) is 43.8 Å². The summed E-state index contributed by atoms with van der Waals surface area (Å²) in [5.74, 6) is 1.00. The first kappa shape index (κ1) is 22.2. The second-order valence-corrected chi connectivity index (χ2v) is 7.22. The Morgan fingerprint density at radius 2 is 1.33 bits per heavy atom. The molecule has 5 aromatic rings. The van der Waals surface area contributed by atoms with E-state index in [0.717, 1.165) is 28.1 Å². The van der Waals surface area contributed by atoms with Crippen LogP contribution in [0, 0.1) is 5.82 Å². The number of ether oxygens (including phenoxy) is 1. The summed E-state index contributed by atoms with van der Waals surface area (Å²) in [5.41, 5.74) is 4.65. The number of hydrogen-bond acceptors (Lipinski definition) is 3. The van der Waals surface area contributed by atoms with Crippen LogP contribution >= 0.6 is 0 Å². The zero-order chi connectivity index (χ0) is 21.9. The molecule has 0 bridgehead atoms. The van der Waals surface area contributed by atoms with Gasteiger partial charge in [0.1, 0.15) is 17.3 Å². The Morgan fingerprint density at radius 1 is 0.727 bits per heavy atom. The third-order valence-corrected chi connectivity index (χ3v) is 5.17. The molecule has 33 heavy (non-hydrogen) atoms. The van der Waals surface area contributed by atoms with Crippen LogP contribution in [0.5, 0.6) is 5.75 Å². The number of halogens is 2. The third-order valence-electron chi connectivity index (χ3n) is 5.17. The number of aromatic nitrogens is 4. The highest BCUT2D eigenvalue weighted by Gasteiger charge is 2.23. The molecular formula is C26H20ClFN4O. The summed E-state index contributed by atoms with van der Waals surface area (Å²) < 4.78 is 18.8. The second kappa shape index (κ2) is 9.63. The molecule has 5 rings (SSSR count). The molecule has 0 saturated heterocycles. The number of benzene rings is 4. The van der Waals surface area contributed by atoms with Crippen LogP contribution in [0.2, 0.25) is 0 Å². The highest BCUT2D eigenvalue weighted by Crippen LogP contribution is 2.23. The lowest BCUT2D eigenvalue weighted by molar-refractivity contribution is -0.734. The highest BCUT2D eigenvalue weighted by molar-refractivity contribution is 5.67. The van der Waals surface area contributed by atoms with Gasteiger partial charge in [0.15, 0.2) is 5.69 Å². The van der Waals surface area contributed by atoms with Crippen LogP contribution in [0.25, 0.3) is 33.9 Å². The Morgan fingerprint density at radius 3 is 1.97 bits per heavy atom. The van der Waals surface area contributed by atoms with Crippen molar-refractivity contribution in [2.75, 3.05) is 7.11 Å². The zero-order valence-corrected chi connectivity index (χ0v) is 18.5. The van der Waals surface area contributed by atoms with Crippen LogP contribution in [-0.2, 0) is 0 Å². The first-order valence-electron chi connectivity index (χ1n) is 10.2. The standard InChI is InChI=1S/C26H20FN4O.ClH/c1-32-25-17-15-24(16-18-25)31-29-26(28-30(31)23-13-11-22(27)12-14-23)21-9-7-20(8-10-21)19-5-3-2-4-6-19;/h2-18H,1H3;1H/q+1;/p-1. The van der Waals surface area contributed by atoms with Crippen LogP contribution in [-0.4, -0.2) is 22.1 Å². The molecule has 4 aromatic carbocycles. The first-order valence-corrected chi connectivity index (χ1v) is 10.2. The quantitative estimate of drug-likeness (QED) is 0.379. The van der Waals surface area contributed by atoms with Gasteiger partial charge in [-0.05, 0) is 81.7 Å². The van der Waals surface area contributed by atoms with Crippen molar-refractivity contribution < 1.29 is 26.3 Å². The fourth-order valence-corrected chi connectivity index (χ4v) is 3.47. The third kappa shape index (κ3) is 4.61. The predicted octanol–water partition coefficient (Wildman–Crippen LogP) is 2.03. The molecule has 0 spiro atoms. The minimum atomic E-state index is -0.304. The Hall–Kier alpha value is -4.03. The lowest BCUT2D eigenvalue weighted by Crippen LogP contribution is -3.00. The molecule has 0 N–H and O–H groups in total. The van der Waals surface area contributed by atoms with Crippen LogP contribution in [0.3, 0.4) is 0 Å². The summed E-state index contributed by atoms with van der Waals surface area (Å²) >= 11 is 0. The fraction of sp³-hybridized carbons (Fsp3) is 0.0385. The van der Waals surface area contributed by atoms with Gasteiger partial charge in [-0.1, -0.05) is 42.5 Å². The van der Waals surface area contributed by atoms with E-state index in [1.54, 1.807) is 28.8 Å². The van der Waals surface area contributed by atoms with Crippen LogP contribution in [0.4, 0.5) is 4.39 Å². The van der Waals surface area contributed by atoms with Crippen molar-refractivity contribution in [1.29, 1.82) is 0 Å². The highest BCUT2D eigenvalue weighted by atomic mass is 35.5. The van der Waals surface area contributed by atoms with Crippen LogP contribution in [0.1, 0.15) is 0 Å². The number of nitrogens with zero attached hydrogens (tertiary/aromatic N) is 4. The van der Waals surface area contributed by atoms with Gasteiger partial charge in [-0.25, -0.2) is 4.39 Å². The van der Waals surface area contributed by atoms with Crippen LogP contribution in [0.15, 0.2) is 103 Å². The molecule has 164 valence electrons. The maximum Gasteiger partial charge on any atom is 0.340 e. The Balaban J connectivity index is 0.00000259. The number of methoxy groups -OCH3 is 1. The maximum absolute atomic E-state index is 13.5. The SMILES string of the molecule is COc1ccc(-n2nc(-c3ccc(-c4ccccc4)cc3)n[n+]2-c2ccc(F)cc2)cc1.[Cl-]. The van der Waals surface area contributed by atoms with Crippen molar-refractivity contribution >= 4 is 0 Å². The van der Waals surface area contributed by atoms with Crippen molar-refractivity contribution in [3.8, 4) is 39.6 Å². The average molecular weight is 459 g/mol. The number of tetrazole rings is 1. The summed E-state index contributed by atoms with van der Waals surface area (Å²) in [4.78, 5) is 3.34. The Kier molecular flexibility index (Phi) is 6.47. The molecule has 5 nitrogen and oxygen atoms in total. The Bertz CT molecular complexity index is 1340. The normalized spacial score (nSPS) is 10.5. The van der Waals surface area contributed by atoms with Gasteiger partial charge in [-0.3, -0.25) is 0 Å². The lowest BCUT2D eigenvalue weighted by atomic mass is 10.0. The summed E-state index contributed by atoms with van der Waals surface area (Å²) in [6, 6.07) is 32.0. The molecule has 7 heteroatoms. The molecule has 1 heterocycles. The lowest BCUT2D eigenvalue weighted by Gasteiger charge is -2.01. The van der Waals surface area contributed by atoms with E-state index in [1.807, 2.05) is 54.6 Å². The molecule has 1 aromatic heterocycles. The molecule has 0 amide bonds. The second-order valence-electron chi connectivity index (χ2n) is 7.22. The van der Waals surface area contributed by atoms with E-state index in [9.17, 15) is 4.39 Å². The Labute approximate surface area is 197 Å². The summed E-state index contributed by atoms with van der Waals surface area (Å²) in [6.07, 6.45) is 0. The van der Waals surface area contributed by atoms with Crippen molar-refractivity contribution in [3.05, 3.63) is 109 Å². The van der Waals surface area contributed by atoms with Gasteiger partial charge in [0.25, 0.3) is 0 Å². The van der Waals surface area contributed by atoms with E-state index in [-0.39, 0.29) is 18.2 Å². The van der Waals surface area contributed by atoms with Crippen molar-refractivity contribution in [2.45, 2.75) is 0 Å². The van der Waals surface area contributed by atoms with E-state index in [0.29, 0.717) is 11.5 Å². The summed E-state index contributed by atoms with van der Waals surface area (Å²) in [5, 5.41) is 9.46. The molecular weight excluding hydrogens is 439 g/mol. The smallest absolute Gasteiger partial charge is 0.340 e. The van der Waals surface area contributed by atoms with Gasteiger partial charge in [-0.15, -0.1) is 0 Å². The first-order chi connectivity index (χ1) is 15.7. The molecule has 0 aliphatic rings. The van der Waals surface area contributed by atoms with E-state index in [2.05, 4.69) is 24.3 Å². The van der Waals surface area contributed by atoms with Gasteiger partial charge in [0.2, 0.25) is 0 Å². The van der Waals surface area contributed by atoms with Gasteiger partial charge < -0.3 is 17.1 Å². The molecule has 0 radical (unpaired) electrons. The van der Waals surface area contributed by atoms with Crippen molar-refractivity contribution in [1.82, 2.24) is 15.0 Å². The fourth-order valence-electron chi connectivity index (χ4n) is 3.47. The van der Waals surface area contributed by atoms with Gasteiger partial charge in [0.05, 0.1) is 17.8 Å². The maximum atomic E-state index is 13.5. The van der Waals surface area contributed by atoms with Gasteiger partial charge >= 0.3 is 5.82 Å². The number of rotatable bonds is 5. The van der Waals surface area contributed by atoms with Crippen molar-refractivity contribution in [2.24, 2.45) is 0 Å². The van der Waals surface area contributed by atoms with Crippen LogP contribution < -0.4 is 21.9 Å². The molecule has 0 unspecified atom stereocenters. The number of hydrogen-bond donors (Lipinski definition) is 0. The largest absolute Gasteiger partial charge is 1.00 e. The summed E-state index contributed by atoms with van der Waals surface area (Å²) in [6.45, 7) is 0.